The molecule has 0 radical (unpaired) electrons. The largest absolute Gasteiger partial charge is 0.462 e. The molecule has 2 amide bonds. The molecule has 2 aromatic rings. The van der Waals surface area contributed by atoms with E-state index in [2.05, 4.69) is 15.6 Å². The first-order valence-corrected chi connectivity index (χ1v) is 8.72. The van der Waals surface area contributed by atoms with Gasteiger partial charge >= 0.3 is 12.0 Å². The van der Waals surface area contributed by atoms with Crippen LogP contribution in [0.5, 0.6) is 0 Å². The van der Waals surface area contributed by atoms with Crippen LogP contribution in [0.3, 0.4) is 0 Å². The number of hydrogen-bond donors (Lipinski definition) is 3. The number of aryl methyl sites for hydroxylation is 1. The van der Waals surface area contributed by atoms with Crippen molar-refractivity contribution in [2.75, 3.05) is 18.5 Å². The second-order valence-corrected chi connectivity index (χ2v) is 6.32. The van der Waals surface area contributed by atoms with Crippen LogP contribution in [0.4, 0.5) is 9.93 Å². The van der Waals surface area contributed by atoms with Crippen molar-refractivity contribution in [1.29, 1.82) is 0 Å². The third-order valence-electron chi connectivity index (χ3n) is 3.36. The van der Waals surface area contributed by atoms with Gasteiger partial charge in [-0.1, -0.05) is 41.7 Å². The van der Waals surface area contributed by atoms with Crippen LogP contribution in [0.25, 0.3) is 0 Å². The van der Waals surface area contributed by atoms with E-state index in [1.807, 2.05) is 30.3 Å². The van der Waals surface area contributed by atoms with Gasteiger partial charge in [0.1, 0.15) is 4.88 Å². The molecule has 1 aromatic carbocycles. The molecule has 0 spiro atoms. The normalized spacial score (nSPS) is 11.6. The fraction of sp³-hybridized carbons (Fsp3) is 0.353. The lowest BCUT2D eigenvalue weighted by Crippen LogP contribution is -2.41. The Balaban J connectivity index is 1.95. The average Bonchev–Trinajstić information content (AvgIpc) is 2.95. The van der Waals surface area contributed by atoms with Crippen molar-refractivity contribution < 1.29 is 19.4 Å². The molecule has 2 rings (SSSR count). The number of thiazole rings is 1. The van der Waals surface area contributed by atoms with Crippen LogP contribution in [0.1, 0.15) is 27.9 Å². The summed E-state index contributed by atoms with van der Waals surface area (Å²) in [7, 11) is 0. The van der Waals surface area contributed by atoms with Gasteiger partial charge < -0.3 is 15.2 Å². The van der Waals surface area contributed by atoms with Crippen LogP contribution < -0.4 is 10.6 Å². The SMILES string of the molecule is CCOC(=O)c1sc(NC(=O)NC(CO)Cc2ccccc2)nc1C. The Labute approximate surface area is 150 Å². The molecule has 134 valence electrons. The molecule has 0 aliphatic rings. The number of benzene rings is 1. The molecule has 1 unspecified atom stereocenters. The molecule has 1 atom stereocenters. The number of aromatic nitrogens is 1. The lowest BCUT2D eigenvalue weighted by molar-refractivity contribution is 0.0531. The number of ether oxygens (including phenoxy) is 1. The molecule has 0 bridgehead atoms. The van der Waals surface area contributed by atoms with Gasteiger partial charge in [0.2, 0.25) is 0 Å². The number of esters is 1. The zero-order chi connectivity index (χ0) is 18.2. The maximum atomic E-state index is 12.1. The molecule has 8 heteroatoms. The minimum atomic E-state index is -0.487. The predicted molar refractivity (Wildman–Crippen MR) is 96.0 cm³/mol. The van der Waals surface area contributed by atoms with Gasteiger partial charge in [-0.25, -0.2) is 14.6 Å². The van der Waals surface area contributed by atoms with E-state index in [4.69, 9.17) is 4.74 Å². The van der Waals surface area contributed by atoms with E-state index < -0.39 is 18.0 Å². The Morgan fingerprint density at radius 1 is 1.32 bits per heavy atom. The summed E-state index contributed by atoms with van der Waals surface area (Å²) < 4.78 is 4.95. The van der Waals surface area contributed by atoms with E-state index in [0.717, 1.165) is 16.9 Å². The number of hydrogen-bond acceptors (Lipinski definition) is 6. The van der Waals surface area contributed by atoms with E-state index in [9.17, 15) is 14.7 Å². The van der Waals surface area contributed by atoms with Crippen molar-refractivity contribution in [3.63, 3.8) is 0 Å². The van der Waals surface area contributed by atoms with Gasteiger partial charge in [0.15, 0.2) is 5.13 Å². The molecule has 1 aromatic heterocycles. The van der Waals surface area contributed by atoms with E-state index in [1.165, 1.54) is 0 Å². The van der Waals surface area contributed by atoms with Crippen LogP contribution in [0.2, 0.25) is 0 Å². The summed E-state index contributed by atoms with van der Waals surface area (Å²) >= 11 is 1.05. The molecule has 1 heterocycles. The fourth-order valence-electron chi connectivity index (χ4n) is 2.21. The fourth-order valence-corrected chi connectivity index (χ4v) is 3.07. The quantitative estimate of drug-likeness (QED) is 0.656. The standard InChI is InChI=1S/C17H21N3O4S/c1-3-24-15(22)14-11(2)18-17(25-14)20-16(23)19-13(10-21)9-12-7-5-4-6-8-12/h4-8,13,21H,3,9-10H2,1-2H3,(H2,18,19,20,23). The first-order chi connectivity index (χ1) is 12.0. The number of nitrogens with one attached hydrogen (secondary N) is 2. The molecule has 0 saturated heterocycles. The molecule has 0 saturated carbocycles. The Kier molecular flexibility index (Phi) is 6.91. The van der Waals surface area contributed by atoms with Crippen molar-refractivity contribution >= 4 is 28.5 Å². The second kappa shape index (κ2) is 9.14. The van der Waals surface area contributed by atoms with Gasteiger partial charge in [0.25, 0.3) is 0 Å². The third-order valence-corrected chi connectivity index (χ3v) is 4.41. The summed E-state index contributed by atoms with van der Waals surface area (Å²) in [6.45, 7) is 3.49. The summed E-state index contributed by atoms with van der Waals surface area (Å²) in [6, 6.07) is 8.66. The van der Waals surface area contributed by atoms with Crippen LogP contribution in [-0.4, -0.2) is 41.3 Å². The highest BCUT2D eigenvalue weighted by Gasteiger charge is 2.18. The molecule has 7 nitrogen and oxygen atoms in total. The number of rotatable bonds is 7. The van der Waals surface area contributed by atoms with Crippen LogP contribution in [0.15, 0.2) is 30.3 Å². The lowest BCUT2D eigenvalue weighted by Gasteiger charge is -2.16. The molecular formula is C17H21N3O4S. The number of carbonyl (C=O) groups excluding carboxylic acids is 2. The molecule has 25 heavy (non-hydrogen) atoms. The monoisotopic (exact) mass is 363 g/mol. The van der Waals surface area contributed by atoms with Gasteiger partial charge in [-0.05, 0) is 25.8 Å². The summed E-state index contributed by atoms with van der Waals surface area (Å²) in [6.07, 6.45) is 0.510. The molecule has 0 fully saturated rings. The van der Waals surface area contributed by atoms with Gasteiger partial charge in [-0.2, -0.15) is 0 Å². The molecule has 0 aliphatic heterocycles. The summed E-state index contributed by atoms with van der Waals surface area (Å²) in [5, 5.41) is 15.1. The minimum Gasteiger partial charge on any atom is -0.462 e. The summed E-state index contributed by atoms with van der Waals surface area (Å²) in [5.74, 6) is -0.455. The van der Waals surface area contributed by atoms with Crippen molar-refractivity contribution in [2.45, 2.75) is 26.3 Å². The van der Waals surface area contributed by atoms with E-state index in [-0.39, 0.29) is 13.2 Å². The minimum absolute atomic E-state index is 0.187. The highest BCUT2D eigenvalue weighted by molar-refractivity contribution is 7.17. The second-order valence-electron chi connectivity index (χ2n) is 5.32. The van der Waals surface area contributed by atoms with Crippen LogP contribution in [-0.2, 0) is 11.2 Å². The van der Waals surface area contributed by atoms with Gasteiger partial charge in [0.05, 0.1) is 24.9 Å². The number of aliphatic hydroxyl groups is 1. The number of nitrogens with zero attached hydrogens (tertiary/aromatic N) is 1. The lowest BCUT2D eigenvalue weighted by atomic mass is 10.1. The molecule has 0 aliphatic carbocycles. The number of amides is 2. The molecule has 3 N–H and O–H groups in total. The van der Waals surface area contributed by atoms with Gasteiger partial charge in [-0.3, -0.25) is 5.32 Å². The van der Waals surface area contributed by atoms with Crippen molar-refractivity contribution in [1.82, 2.24) is 10.3 Å². The number of urea groups is 1. The van der Waals surface area contributed by atoms with Crippen molar-refractivity contribution in [3.05, 3.63) is 46.5 Å². The summed E-state index contributed by atoms with van der Waals surface area (Å²) in [4.78, 5) is 28.4. The maximum Gasteiger partial charge on any atom is 0.350 e. The van der Waals surface area contributed by atoms with Gasteiger partial charge in [0, 0.05) is 0 Å². The van der Waals surface area contributed by atoms with E-state index in [1.54, 1.807) is 13.8 Å². The van der Waals surface area contributed by atoms with Crippen LogP contribution in [0, 0.1) is 6.92 Å². The van der Waals surface area contributed by atoms with Crippen molar-refractivity contribution in [2.24, 2.45) is 0 Å². The maximum absolute atomic E-state index is 12.1. The van der Waals surface area contributed by atoms with E-state index in [0.29, 0.717) is 22.1 Å². The number of aliphatic hydroxyl groups excluding tert-OH is 1. The Hall–Kier alpha value is -2.45. The first-order valence-electron chi connectivity index (χ1n) is 7.90. The highest BCUT2D eigenvalue weighted by atomic mass is 32.1. The van der Waals surface area contributed by atoms with Crippen molar-refractivity contribution in [3.8, 4) is 0 Å². The van der Waals surface area contributed by atoms with Gasteiger partial charge in [-0.15, -0.1) is 0 Å². The zero-order valence-electron chi connectivity index (χ0n) is 14.1. The summed E-state index contributed by atoms with van der Waals surface area (Å²) in [5.41, 5.74) is 1.51. The Morgan fingerprint density at radius 2 is 2.04 bits per heavy atom. The topological polar surface area (TPSA) is 101 Å². The number of anilines is 1. The van der Waals surface area contributed by atoms with Crippen LogP contribution >= 0.6 is 11.3 Å². The highest BCUT2D eigenvalue weighted by Crippen LogP contribution is 2.23. The Bertz CT molecular complexity index is 718. The molecular weight excluding hydrogens is 342 g/mol. The Morgan fingerprint density at radius 3 is 2.68 bits per heavy atom. The third kappa shape index (κ3) is 5.54. The van der Waals surface area contributed by atoms with E-state index >= 15 is 0 Å². The smallest absolute Gasteiger partial charge is 0.350 e. The zero-order valence-corrected chi connectivity index (χ0v) is 14.9. The first kappa shape index (κ1) is 18.9. The predicted octanol–water partition coefficient (Wildman–Crippen LogP) is 2.35. The average molecular weight is 363 g/mol. The number of carbonyl (C=O) groups is 2.